The molecule has 7 heteroatoms. The molecule has 0 aliphatic carbocycles. The van der Waals surface area contributed by atoms with Crippen molar-refractivity contribution in [3.05, 3.63) is 53.5 Å². The fraction of sp³-hybridized carbons (Fsp3) is 0.312. The molecule has 1 aromatic carbocycles. The van der Waals surface area contributed by atoms with Crippen molar-refractivity contribution < 1.29 is 13.9 Å². The van der Waals surface area contributed by atoms with E-state index in [9.17, 15) is 9.18 Å². The number of nitrogens with one attached hydrogen (secondary N) is 2. The van der Waals surface area contributed by atoms with Crippen molar-refractivity contribution in [2.75, 3.05) is 32.1 Å². The Hall–Kier alpha value is -2.54. The summed E-state index contributed by atoms with van der Waals surface area (Å²) >= 11 is 0. The van der Waals surface area contributed by atoms with Crippen LogP contribution in [0, 0.1) is 5.82 Å². The van der Waals surface area contributed by atoms with Gasteiger partial charge < -0.3 is 15.4 Å². The minimum atomic E-state index is -0.336. The molecule has 2 aromatic rings. The summed E-state index contributed by atoms with van der Waals surface area (Å²) in [6, 6.07) is 9.75. The Bertz CT molecular complexity index is 634. The predicted octanol–water partition coefficient (Wildman–Crippen LogP) is 1.65. The molecule has 2 rings (SSSR count). The zero-order valence-corrected chi connectivity index (χ0v) is 12.9. The molecule has 6 nitrogen and oxygen atoms in total. The Morgan fingerprint density at radius 1 is 1.17 bits per heavy atom. The molecular formula is C16H19FN4O2. The molecule has 0 saturated carbocycles. The number of rotatable bonds is 8. The van der Waals surface area contributed by atoms with Crippen LogP contribution in [-0.4, -0.2) is 42.9 Å². The van der Waals surface area contributed by atoms with Crippen LogP contribution in [0.15, 0.2) is 36.4 Å². The van der Waals surface area contributed by atoms with Gasteiger partial charge in [-0.2, -0.15) is 0 Å². The van der Waals surface area contributed by atoms with Crippen molar-refractivity contribution in [2.24, 2.45) is 0 Å². The normalized spacial score (nSPS) is 10.3. The van der Waals surface area contributed by atoms with Gasteiger partial charge in [-0.05, 0) is 30.2 Å². The number of benzene rings is 1. The van der Waals surface area contributed by atoms with Crippen molar-refractivity contribution in [1.29, 1.82) is 0 Å². The quantitative estimate of drug-likeness (QED) is 0.724. The zero-order chi connectivity index (χ0) is 16.5. The molecule has 0 fully saturated rings. The summed E-state index contributed by atoms with van der Waals surface area (Å²) in [4.78, 5) is 11.9. The molecule has 23 heavy (non-hydrogen) atoms. The molecule has 1 heterocycles. The Morgan fingerprint density at radius 2 is 2.00 bits per heavy atom. The Labute approximate surface area is 134 Å². The van der Waals surface area contributed by atoms with Crippen LogP contribution in [0.2, 0.25) is 0 Å². The topological polar surface area (TPSA) is 76.1 Å². The van der Waals surface area contributed by atoms with Gasteiger partial charge in [0.2, 0.25) is 0 Å². The zero-order valence-electron chi connectivity index (χ0n) is 12.9. The van der Waals surface area contributed by atoms with Crippen LogP contribution in [0.25, 0.3) is 0 Å². The van der Waals surface area contributed by atoms with E-state index in [4.69, 9.17) is 4.74 Å². The minimum Gasteiger partial charge on any atom is -0.383 e. The van der Waals surface area contributed by atoms with Gasteiger partial charge in [0.1, 0.15) is 11.6 Å². The van der Waals surface area contributed by atoms with Crippen molar-refractivity contribution >= 4 is 11.7 Å². The number of halogens is 1. The van der Waals surface area contributed by atoms with E-state index in [-0.39, 0.29) is 17.4 Å². The number of hydrogen-bond donors (Lipinski definition) is 2. The van der Waals surface area contributed by atoms with Crippen LogP contribution in [0.5, 0.6) is 0 Å². The highest BCUT2D eigenvalue weighted by Crippen LogP contribution is 2.06. The lowest BCUT2D eigenvalue weighted by Crippen LogP contribution is -2.27. The lowest BCUT2D eigenvalue weighted by molar-refractivity contribution is 0.0948. The van der Waals surface area contributed by atoms with E-state index in [0.29, 0.717) is 37.5 Å². The number of anilines is 1. The van der Waals surface area contributed by atoms with E-state index in [1.165, 1.54) is 6.07 Å². The molecule has 0 aliphatic heterocycles. The molecule has 2 N–H and O–H groups in total. The molecule has 0 radical (unpaired) electrons. The van der Waals surface area contributed by atoms with Crippen LogP contribution in [0.1, 0.15) is 16.1 Å². The molecule has 0 saturated heterocycles. The number of hydrogen-bond acceptors (Lipinski definition) is 5. The monoisotopic (exact) mass is 318 g/mol. The maximum absolute atomic E-state index is 13.5. The highest BCUT2D eigenvalue weighted by molar-refractivity contribution is 5.92. The van der Waals surface area contributed by atoms with Crippen molar-refractivity contribution in [3.8, 4) is 0 Å². The fourth-order valence-corrected chi connectivity index (χ4v) is 1.93. The standard InChI is InChI=1S/C16H19FN4O2/c1-23-11-10-18-15-7-6-14(20-21-15)16(22)19-9-8-12-4-2-3-5-13(12)17/h2-7H,8-11H2,1H3,(H,18,21)(H,19,22). The fourth-order valence-electron chi connectivity index (χ4n) is 1.93. The lowest BCUT2D eigenvalue weighted by atomic mass is 10.1. The van der Waals surface area contributed by atoms with E-state index < -0.39 is 0 Å². The van der Waals surface area contributed by atoms with Crippen LogP contribution in [-0.2, 0) is 11.2 Å². The van der Waals surface area contributed by atoms with Crippen LogP contribution in [0.4, 0.5) is 10.2 Å². The smallest absolute Gasteiger partial charge is 0.271 e. The van der Waals surface area contributed by atoms with Gasteiger partial charge >= 0.3 is 0 Å². The summed E-state index contributed by atoms with van der Waals surface area (Å²) in [5.74, 6) is -0.0322. The van der Waals surface area contributed by atoms with E-state index in [0.717, 1.165) is 0 Å². The predicted molar refractivity (Wildman–Crippen MR) is 84.8 cm³/mol. The number of nitrogens with zero attached hydrogens (tertiary/aromatic N) is 2. The first-order chi connectivity index (χ1) is 11.2. The molecular weight excluding hydrogens is 299 g/mol. The van der Waals surface area contributed by atoms with Gasteiger partial charge in [0.25, 0.3) is 5.91 Å². The SMILES string of the molecule is COCCNc1ccc(C(=O)NCCc2ccccc2F)nn1. The van der Waals surface area contributed by atoms with Gasteiger partial charge in [0, 0.05) is 20.2 Å². The van der Waals surface area contributed by atoms with Gasteiger partial charge in [0.15, 0.2) is 5.69 Å². The van der Waals surface area contributed by atoms with E-state index in [2.05, 4.69) is 20.8 Å². The Kier molecular flexibility index (Phi) is 6.43. The number of carbonyl (C=O) groups is 1. The molecule has 1 amide bonds. The summed E-state index contributed by atoms with van der Waals surface area (Å²) in [5, 5.41) is 13.5. The minimum absolute atomic E-state index is 0.218. The summed E-state index contributed by atoms with van der Waals surface area (Å²) in [6.07, 6.45) is 0.419. The van der Waals surface area contributed by atoms with Crippen LogP contribution in [0.3, 0.4) is 0 Å². The van der Waals surface area contributed by atoms with Crippen molar-refractivity contribution in [3.63, 3.8) is 0 Å². The molecule has 0 aliphatic rings. The molecule has 0 unspecified atom stereocenters. The van der Waals surface area contributed by atoms with E-state index in [1.54, 1.807) is 37.4 Å². The summed E-state index contributed by atoms with van der Waals surface area (Å²) in [5.41, 5.74) is 0.785. The third-order valence-corrected chi connectivity index (χ3v) is 3.15. The van der Waals surface area contributed by atoms with Gasteiger partial charge in [-0.3, -0.25) is 4.79 Å². The molecule has 0 spiro atoms. The summed E-state index contributed by atoms with van der Waals surface area (Å²) in [6.45, 7) is 1.49. The van der Waals surface area contributed by atoms with Gasteiger partial charge in [-0.15, -0.1) is 10.2 Å². The van der Waals surface area contributed by atoms with Crippen molar-refractivity contribution in [2.45, 2.75) is 6.42 Å². The average Bonchev–Trinajstić information content (AvgIpc) is 2.57. The second-order valence-corrected chi connectivity index (χ2v) is 4.82. The van der Waals surface area contributed by atoms with E-state index in [1.807, 2.05) is 0 Å². The van der Waals surface area contributed by atoms with Gasteiger partial charge in [-0.25, -0.2) is 4.39 Å². The molecule has 1 aromatic heterocycles. The third kappa shape index (κ3) is 5.30. The maximum atomic E-state index is 13.5. The first-order valence-electron chi connectivity index (χ1n) is 7.29. The highest BCUT2D eigenvalue weighted by Gasteiger charge is 2.08. The maximum Gasteiger partial charge on any atom is 0.271 e. The van der Waals surface area contributed by atoms with E-state index >= 15 is 0 Å². The van der Waals surface area contributed by atoms with Crippen molar-refractivity contribution in [1.82, 2.24) is 15.5 Å². The Morgan fingerprint density at radius 3 is 2.70 bits per heavy atom. The number of carbonyl (C=O) groups excluding carboxylic acids is 1. The van der Waals surface area contributed by atoms with Crippen LogP contribution >= 0.6 is 0 Å². The second-order valence-electron chi connectivity index (χ2n) is 4.82. The third-order valence-electron chi connectivity index (χ3n) is 3.15. The van der Waals surface area contributed by atoms with Gasteiger partial charge in [-0.1, -0.05) is 18.2 Å². The highest BCUT2D eigenvalue weighted by atomic mass is 19.1. The average molecular weight is 318 g/mol. The summed E-state index contributed by atoms with van der Waals surface area (Å²) in [7, 11) is 1.61. The number of aromatic nitrogens is 2. The number of amides is 1. The Balaban J connectivity index is 1.80. The first-order valence-corrected chi connectivity index (χ1v) is 7.29. The van der Waals surface area contributed by atoms with Crippen LogP contribution < -0.4 is 10.6 Å². The lowest BCUT2D eigenvalue weighted by Gasteiger charge is -2.07. The molecule has 122 valence electrons. The molecule has 0 bridgehead atoms. The largest absolute Gasteiger partial charge is 0.383 e. The second kappa shape index (κ2) is 8.79. The molecule has 0 atom stereocenters. The first kappa shape index (κ1) is 16.8. The number of methoxy groups -OCH3 is 1. The summed E-state index contributed by atoms with van der Waals surface area (Å²) < 4.78 is 18.4. The van der Waals surface area contributed by atoms with Gasteiger partial charge in [0.05, 0.1) is 6.61 Å². The number of ether oxygens (including phenoxy) is 1.